The second kappa shape index (κ2) is 6.07. The number of halogens is 1. The van der Waals surface area contributed by atoms with E-state index in [-0.39, 0.29) is 10.2 Å². The first-order valence-corrected chi connectivity index (χ1v) is 10.3. The highest BCUT2D eigenvalue weighted by atomic mass is 79.9. The molecule has 0 radical (unpaired) electrons. The molecule has 2 fully saturated rings. The topological polar surface area (TPSA) is 60.7 Å². The van der Waals surface area contributed by atoms with Crippen molar-refractivity contribution < 1.29 is 15.3 Å². The van der Waals surface area contributed by atoms with Gasteiger partial charge in [0, 0.05) is 4.83 Å². The van der Waals surface area contributed by atoms with Crippen LogP contribution in [0.5, 0.6) is 0 Å². The molecule has 0 spiro atoms. The fourth-order valence-corrected chi connectivity index (χ4v) is 6.29. The molecule has 0 bridgehead atoms. The monoisotopic (exact) mass is 400 g/mol. The molecule has 4 heteroatoms. The van der Waals surface area contributed by atoms with Crippen molar-refractivity contribution in [1.29, 1.82) is 0 Å². The highest BCUT2D eigenvalue weighted by molar-refractivity contribution is 9.09. The Balaban J connectivity index is 1.87. The van der Waals surface area contributed by atoms with E-state index in [1.807, 2.05) is 6.92 Å². The van der Waals surface area contributed by atoms with E-state index in [1.165, 1.54) is 11.1 Å². The van der Waals surface area contributed by atoms with Gasteiger partial charge in [-0.3, -0.25) is 0 Å². The maximum Gasteiger partial charge on any atom is 0.0880 e. The summed E-state index contributed by atoms with van der Waals surface area (Å²) in [5.74, 6) is 0.893. The number of alkyl halides is 1. The minimum Gasteiger partial charge on any atom is -0.390 e. The van der Waals surface area contributed by atoms with Crippen molar-refractivity contribution in [2.75, 3.05) is 0 Å². The number of aliphatic hydroxyl groups excluding tert-OH is 1. The molecule has 2 saturated carbocycles. The molecule has 3 N–H and O–H groups in total. The molecular formula is C20H33BrO3. The highest BCUT2D eigenvalue weighted by Crippen LogP contribution is 2.60. The lowest BCUT2D eigenvalue weighted by Gasteiger charge is -2.48. The maximum absolute atomic E-state index is 10.6. The van der Waals surface area contributed by atoms with Crippen LogP contribution in [0.1, 0.15) is 72.6 Å². The smallest absolute Gasteiger partial charge is 0.0880 e. The third kappa shape index (κ3) is 3.02. The standard InChI is InChI=1S/C20H33BrO3/c1-12-11-18(2,13-5-7-19(3,23)16(21)9-13)15-10-17(22)20(4,24)8-6-14(12)15/h13,15-17,22-24H,5-11H2,1-4H3. The number of fused-ring (bicyclic) bond motifs is 1. The molecule has 3 nitrogen and oxygen atoms in total. The van der Waals surface area contributed by atoms with Crippen molar-refractivity contribution in [2.24, 2.45) is 17.3 Å². The van der Waals surface area contributed by atoms with Gasteiger partial charge >= 0.3 is 0 Å². The summed E-state index contributed by atoms with van der Waals surface area (Å²) in [7, 11) is 0. The molecule has 3 rings (SSSR count). The minimum atomic E-state index is -0.979. The number of allylic oxidation sites excluding steroid dienone is 2. The van der Waals surface area contributed by atoms with Gasteiger partial charge in [-0.1, -0.05) is 34.0 Å². The molecule has 24 heavy (non-hydrogen) atoms. The van der Waals surface area contributed by atoms with Crippen LogP contribution in [0.25, 0.3) is 0 Å². The summed E-state index contributed by atoms with van der Waals surface area (Å²) in [4.78, 5) is 0.128. The molecule has 0 aliphatic heterocycles. The van der Waals surface area contributed by atoms with Gasteiger partial charge in [0.05, 0.1) is 17.3 Å². The second-order valence-electron chi connectivity index (χ2n) is 9.45. The van der Waals surface area contributed by atoms with E-state index in [0.717, 1.165) is 32.1 Å². The third-order valence-electron chi connectivity index (χ3n) is 7.59. The molecule has 3 aliphatic carbocycles. The zero-order chi connectivity index (χ0) is 17.9. The van der Waals surface area contributed by atoms with Gasteiger partial charge in [-0.2, -0.15) is 0 Å². The van der Waals surface area contributed by atoms with Gasteiger partial charge in [-0.15, -0.1) is 0 Å². The lowest BCUT2D eigenvalue weighted by molar-refractivity contribution is -0.0778. The number of rotatable bonds is 1. The lowest BCUT2D eigenvalue weighted by atomic mass is 9.60. The predicted molar refractivity (Wildman–Crippen MR) is 100 cm³/mol. The molecule has 0 aromatic rings. The summed E-state index contributed by atoms with van der Waals surface area (Å²) in [5, 5.41) is 31.6. The van der Waals surface area contributed by atoms with E-state index in [1.54, 1.807) is 6.92 Å². The van der Waals surface area contributed by atoms with E-state index < -0.39 is 17.3 Å². The van der Waals surface area contributed by atoms with Crippen molar-refractivity contribution in [2.45, 2.75) is 94.8 Å². The van der Waals surface area contributed by atoms with Crippen molar-refractivity contribution in [3.8, 4) is 0 Å². The van der Waals surface area contributed by atoms with E-state index in [0.29, 0.717) is 24.7 Å². The van der Waals surface area contributed by atoms with Crippen LogP contribution in [0, 0.1) is 17.3 Å². The van der Waals surface area contributed by atoms with Gasteiger partial charge in [0.2, 0.25) is 0 Å². The maximum atomic E-state index is 10.6. The van der Waals surface area contributed by atoms with Crippen LogP contribution in [-0.2, 0) is 0 Å². The van der Waals surface area contributed by atoms with Crippen LogP contribution in [0.3, 0.4) is 0 Å². The lowest BCUT2D eigenvalue weighted by Crippen LogP contribution is -2.47. The summed E-state index contributed by atoms with van der Waals surface area (Å²) in [5.41, 5.74) is 1.48. The van der Waals surface area contributed by atoms with Crippen LogP contribution in [0.2, 0.25) is 0 Å². The van der Waals surface area contributed by atoms with E-state index in [9.17, 15) is 15.3 Å². The van der Waals surface area contributed by atoms with Crippen molar-refractivity contribution in [1.82, 2.24) is 0 Å². The minimum absolute atomic E-state index is 0.128. The van der Waals surface area contributed by atoms with E-state index >= 15 is 0 Å². The Morgan fingerprint density at radius 2 is 1.71 bits per heavy atom. The Hall–Kier alpha value is 0.100. The average Bonchev–Trinajstić information content (AvgIpc) is 2.63. The Labute approximate surface area is 154 Å². The highest BCUT2D eigenvalue weighted by Gasteiger charge is 2.53. The molecule has 3 aliphatic rings. The zero-order valence-electron chi connectivity index (χ0n) is 15.5. The van der Waals surface area contributed by atoms with Gasteiger partial charge in [0.15, 0.2) is 0 Å². The first-order valence-electron chi connectivity index (χ1n) is 9.43. The molecule has 0 amide bonds. The summed E-state index contributed by atoms with van der Waals surface area (Å²) < 4.78 is 0. The summed E-state index contributed by atoms with van der Waals surface area (Å²) in [6.45, 7) is 8.33. The number of aliphatic hydroxyl groups is 3. The quantitative estimate of drug-likeness (QED) is 0.461. The first kappa shape index (κ1) is 18.9. The molecule has 0 saturated heterocycles. The molecule has 0 aromatic heterocycles. The van der Waals surface area contributed by atoms with Gasteiger partial charge in [0.25, 0.3) is 0 Å². The molecule has 7 atom stereocenters. The number of hydrogen-bond acceptors (Lipinski definition) is 3. The summed E-state index contributed by atoms with van der Waals surface area (Å²) in [6, 6.07) is 0. The largest absolute Gasteiger partial charge is 0.390 e. The van der Waals surface area contributed by atoms with Gasteiger partial charge in [-0.05, 0) is 83.0 Å². The normalized spacial score (nSPS) is 53.0. The van der Waals surface area contributed by atoms with Crippen LogP contribution in [0.4, 0.5) is 0 Å². The second-order valence-corrected chi connectivity index (χ2v) is 10.6. The fourth-order valence-electron chi connectivity index (χ4n) is 5.61. The van der Waals surface area contributed by atoms with E-state index in [2.05, 4.69) is 29.8 Å². The predicted octanol–water partition coefficient (Wildman–Crippen LogP) is 3.94. The molecular weight excluding hydrogens is 368 g/mol. The molecule has 0 aromatic carbocycles. The van der Waals surface area contributed by atoms with Crippen LogP contribution >= 0.6 is 15.9 Å². The van der Waals surface area contributed by atoms with Crippen molar-refractivity contribution in [3.63, 3.8) is 0 Å². The van der Waals surface area contributed by atoms with Gasteiger partial charge < -0.3 is 15.3 Å². The third-order valence-corrected chi connectivity index (χ3v) is 8.95. The van der Waals surface area contributed by atoms with Crippen LogP contribution in [-0.4, -0.2) is 37.5 Å². The SMILES string of the molecule is CC1=C2CCC(C)(O)C(O)CC2C(C)(C2CCC(C)(O)C(Br)C2)C1. The van der Waals surface area contributed by atoms with E-state index in [4.69, 9.17) is 0 Å². The summed E-state index contributed by atoms with van der Waals surface area (Å²) >= 11 is 3.72. The average molecular weight is 401 g/mol. The zero-order valence-corrected chi connectivity index (χ0v) is 17.1. The Morgan fingerprint density at radius 1 is 1.04 bits per heavy atom. The van der Waals surface area contributed by atoms with Crippen molar-refractivity contribution in [3.05, 3.63) is 11.1 Å². The van der Waals surface area contributed by atoms with Crippen LogP contribution in [0.15, 0.2) is 11.1 Å². The Bertz CT molecular complexity index is 539. The van der Waals surface area contributed by atoms with Crippen LogP contribution < -0.4 is 0 Å². The van der Waals surface area contributed by atoms with Gasteiger partial charge in [-0.25, -0.2) is 0 Å². The molecule has 0 heterocycles. The van der Waals surface area contributed by atoms with Crippen molar-refractivity contribution >= 4 is 15.9 Å². The molecule has 7 unspecified atom stereocenters. The fraction of sp³-hybridized carbons (Fsp3) is 0.900. The Kier molecular flexibility index (Phi) is 4.78. The Morgan fingerprint density at radius 3 is 2.33 bits per heavy atom. The first-order chi connectivity index (χ1) is 11.0. The summed E-state index contributed by atoms with van der Waals surface area (Å²) in [6.07, 6.45) is 5.49. The van der Waals surface area contributed by atoms with Gasteiger partial charge in [0.1, 0.15) is 0 Å². The number of hydrogen-bond donors (Lipinski definition) is 3. The molecule has 138 valence electrons.